The van der Waals surface area contributed by atoms with Crippen LogP contribution in [0.15, 0.2) is 6.20 Å². The Morgan fingerprint density at radius 3 is 2.94 bits per heavy atom. The Hall–Kier alpha value is -1.01. The molecule has 16 heavy (non-hydrogen) atoms. The topological polar surface area (TPSA) is 46.5 Å². The Morgan fingerprint density at radius 2 is 2.38 bits per heavy atom. The van der Waals surface area contributed by atoms with Crippen LogP contribution in [0.5, 0.6) is 0 Å². The fourth-order valence-corrected chi connectivity index (χ4v) is 2.79. The lowest BCUT2D eigenvalue weighted by molar-refractivity contribution is 0.595. The monoisotopic (exact) mass is 254 g/mol. The number of rotatable bonds is 3. The Bertz CT molecular complexity index is 537. The smallest absolute Gasteiger partial charge is 0.195 e. The van der Waals surface area contributed by atoms with E-state index < -0.39 is 0 Å². The molecular formula is C10H14N4S2. The van der Waals surface area contributed by atoms with Gasteiger partial charge in [-0.15, -0.1) is 11.3 Å². The molecule has 2 aromatic rings. The maximum Gasteiger partial charge on any atom is 0.195 e. The summed E-state index contributed by atoms with van der Waals surface area (Å²) in [6.45, 7) is 6.23. The van der Waals surface area contributed by atoms with Crippen molar-refractivity contribution in [2.24, 2.45) is 0 Å². The van der Waals surface area contributed by atoms with Crippen LogP contribution in [0.3, 0.4) is 0 Å². The van der Waals surface area contributed by atoms with Crippen LogP contribution >= 0.6 is 23.6 Å². The van der Waals surface area contributed by atoms with Crippen molar-refractivity contribution < 1.29 is 0 Å². The number of thiazole rings is 1. The second-order valence-electron chi connectivity index (χ2n) is 3.65. The number of hydrogen-bond donors (Lipinski definition) is 1. The summed E-state index contributed by atoms with van der Waals surface area (Å²) in [7, 11) is 0. The van der Waals surface area contributed by atoms with Gasteiger partial charge in [0.25, 0.3) is 0 Å². The van der Waals surface area contributed by atoms with Crippen LogP contribution in [0.4, 0.5) is 0 Å². The van der Waals surface area contributed by atoms with Crippen molar-refractivity contribution in [1.29, 1.82) is 0 Å². The Kier molecular flexibility index (Phi) is 3.20. The molecule has 2 rings (SSSR count). The predicted molar refractivity (Wildman–Crippen MR) is 67.5 cm³/mol. The van der Waals surface area contributed by atoms with Gasteiger partial charge in [-0.3, -0.25) is 9.67 Å². The van der Waals surface area contributed by atoms with Gasteiger partial charge >= 0.3 is 0 Å². The molecule has 0 aliphatic rings. The molecule has 2 aromatic heterocycles. The molecule has 0 saturated heterocycles. The Labute approximate surface area is 103 Å². The third-order valence-electron chi connectivity index (χ3n) is 2.48. The van der Waals surface area contributed by atoms with Crippen molar-refractivity contribution in [3.05, 3.63) is 26.7 Å². The maximum absolute atomic E-state index is 5.24. The summed E-state index contributed by atoms with van der Waals surface area (Å²) in [6.07, 6.45) is 2.76. The number of aromatic amines is 1. The lowest BCUT2D eigenvalue weighted by Crippen LogP contribution is -2.10. The van der Waals surface area contributed by atoms with Crippen molar-refractivity contribution in [3.63, 3.8) is 0 Å². The van der Waals surface area contributed by atoms with Gasteiger partial charge in [-0.1, -0.05) is 6.92 Å². The molecule has 2 heterocycles. The SMILES string of the molecule is CCc1n[nH]c(=S)n1C(C)c1ncc(C)s1. The van der Waals surface area contributed by atoms with E-state index >= 15 is 0 Å². The van der Waals surface area contributed by atoms with E-state index in [2.05, 4.69) is 36.0 Å². The van der Waals surface area contributed by atoms with Gasteiger partial charge in [0.2, 0.25) is 0 Å². The van der Waals surface area contributed by atoms with E-state index in [9.17, 15) is 0 Å². The molecular weight excluding hydrogens is 240 g/mol. The molecule has 0 fully saturated rings. The predicted octanol–water partition coefficient (Wildman–Crippen LogP) is 2.88. The largest absolute Gasteiger partial charge is 0.294 e. The number of aromatic nitrogens is 4. The third kappa shape index (κ3) is 1.94. The second-order valence-corrected chi connectivity index (χ2v) is 5.31. The zero-order valence-corrected chi connectivity index (χ0v) is 11.2. The van der Waals surface area contributed by atoms with E-state index in [0.29, 0.717) is 4.77 Å². The van der Waals surface area contributed by atoms with Gasteiger partial charge in [-0.05, 0) is 26.1 Å². The van der Waals surface area contributed by atoms with Gasteiger partial charge in [0.05, 0.1) is 6.04 Å². The van der Waals surface area contributed by atoms with Crippen molar-refractivity contribution in [2.45, 2.75) is 33.2 Å². The Balaban J connectivity index is 2.44. The number of hydrogen-bond acceptors (Lipinski definition) is 4. The molecule has 1 atom stereocenters. The lowest BCUT2D eigenvalue weighted by Gasteiger charge is -2.11. The van der Waals surface area contributed by atoms with Crippen LogP contribution in [0, 0.1) is 11.7 Å². The second kappa shape index (κ2) is 4.47. The highest BCUT2D eigenvalue weighted by Crippen LogP contribution is 2.24. The maximum atomic E-state index is 5.24. The number of aryl methyl sites for hydroxylation is 2. The normalized spacial score (nSPS) is 12.9. The molecule has 0 saturated carbocycles. The first-order chi connectivity index (χ1) is 7.63. The number of nitrogens with one attached hydrogen (secondary N) is 1. The van der Waals surface area contributed by atoms with E-state index in [1.807, 2.05) is 10.8 Å². The zero-order valence-electron chi connectivity index (χ0n) is 9.52. The van der Waals surface area contributed by atoms with Gasteiger partial charge < -0.3 is 0 Å². The van der Waals surface area contributed by atoms with Crippen LogP contribution in [-0.4, -0.2) is 19.7 Å². The van der Waals surface area contributed by atoms with Gasteiger partial charge in [-0.2, -0.15) is 5.10 Å². The van der Waals surface area contributed by atoms with Gasteiger partial charge in [-0.25, -0.2) is 4.98 Å². The quantitative estimate of drug-likeness (QED) is 0.857. The van der Waals surface area contributed by atoms with Crippen LogP contribution in [0.2, 0.25) is 0 Å². The molecule has 0 aromatic carbocycles. The summed E-state index contributed by atoms with van der Waals surface area (Å²) < 4.78 is 2.70. The van der Waals surface area contributed by atoms with E-state index in [0.717, 1.165) is 17.3 Å². The minimum atomic E-state index is 0.153. The first-order valence-electron chi connectivity index (χ1n) is 5.21. The fraction of sp³-hybridized carbons (Fsp3) is 0.500. The first kappa shape index (κ1) is 11.5. The summed E-state index contributed by atoms with van der Waals surface area (Å²) in [4.78, 5) is 5.62. The zero-order chi connectivity index (χ0) is 11.7. The van der Waals surface area contributed by atoms with Crippen LogP contribution in [0.1, 0.15) is 35.6 Å². The summed E-state index contributed by atoms with van der Waals surface area (Å²) in [5.41, 5.74) is 0. The minimum Gasteiger partial charge on any atom is -0.294 e. The molecule has 0 aliphatic carbocycles. The van der Waals surface area contributed by atoms with E-state index in [1.54, 1.807) is 11.3 Å². The molecule has 1 N–H and O–H groups in total. The highest BCUT2D eigenvalue weighted by molar-refractivity contribution is 7.71. The van der Waals surface area contributed by atoms with Crippen LogP contribution in [-0.2, 0) is 6.42 Å². The molecule has 0 aliphatic heterocycles. The van der Waals surface area contributed by atoms with Crippen molar-refractivity contribution in [2.75, 3.05) is 0 Å². The standard InChI is InChI=1S/C10H14N4S2/c1-4-8-12-13-10(15)14(8)7(3)9-11-5-6(2)16-9/h5,7H,4H2,1-3H3,(H,13,15). The van der Waals surface area contributed by atoms with E-state index in [4.69, 9.17) is 12.2 Å². The molecule has 86 valence electrons. The van der Waals surface area contributed by atoms with Gasteiger partial charge in [0.1, 0.15) is 10.8 Å². The summed E-state index contributed by atoms with van der Waals surface area (Å²) in [6, 6.07) is 0.153. The van der Waals surface area contributed by atoms with Gasteiger partial charge in [0.15, 0.2) is 4.77 Å². The van der Waals surface area contributed by atoms with E-state index in [1.165, 1.54) is 4.88 Å². The molecule has 4 nitrogen and oxygen atoms in total. The molecule has 1 unspecified atom stereocenters. The molecule has 0 radical (unpaired) electrons. The lowest BCUT2D eigenvalue weighted by atomic mass is 10.3. The highest BCUT2D eigenvalue weighted by Gasteiger charge is 2.16. The van der Waals surface area contributed by atoms with Crippen molar-refractivity contribution in [3.8, 4) is 0 Å². The van der Waals surface area contributed by atoms with E-state index in [-0.39, 0.29) is 6.04 Å². The Morgan fingerprint density at radius 1 is 1.62 bits per heavy atom. The third-order valence-corrected chi connectivity index (χ3v) is 3.85. The summed E-state index contributed by atoms with van der Waals surface area (Å²) in [5, 5.41) is 8.12. The average Bonchev–Trinajstić information content (AvgIpc) is 2.83. The van der Waals surface area contributed by atoms with Crippen molar-refractivity contribution >= 4 is 23.6 Å². The number of nitrogens with zero attached hydrogens (tertiary/aromatic N) is 3. The highest BCUT2D eigenvalue weighted by atomic mass is 32.1. The van der Waals surface area contributed by atoms with Crippen LogP contribution < -0.4 is 0 Å². The summed E-state index contributed by atoms with van der Waals surface area (Å²) >= 11 is 6.95. The van der Waals surface area contributed by atoms with Crippen molar-refractivity contribution in [1.82, 2.24) is 19.7 Å². The average molecular weight is 254 g/mol. The first-order valence-corrected chi connectivity index (χ1v) is 6.44. The van der Waals surface area contributed by atoms with Crippen LogP contribution in [0.25, 0.3) is 0 Å². The molecule has 0 amide bonds. The fourth-order valence-electron chi connectivity index (χ4n) is 1.66. The van der Waals surface area contributed by atoms with Gasteiger partial charge in [0, 0.05) is 17.5 Å². The molecule has 0 spiro atoms. The molecule has 6 heteroatoms. The summed E-state index contributed by atoms with van der Waals surface area (Å²) in [5.74, 6) is 0.977. The number of H-pyrrole nitrogens is 1. The molecule has 0 bridgehead atoms. The minimum absolute atomic E-state index is 0.153.